The predicted molar refractivity (Wildman–Crippen MR) is 75.5 cm³/mol. The topological polar surface area (TPSA) is 61.0 Å². The Hall–Kier alpha value is -2.33. The fourth-order valence-corrected chi connectivity index (χ4v) is 1.98. The van der Waals surface area contributed by atoms with Crippen molar-refractivity contribution in [3.63, 3.8) is 0 Å². The third kappa shape index (κ3) is 2.18. The van der Waals surface area contributed by atoms with Crippen LogP contribution in [0.3, 0.4) is 0 Å². The van der Waals surface area contributed by atoms with Crippen LogP contribution in [0.2, 0.25) is 5.02 Å². The van der Waals surface area contributed by atoms with Crippen molar-refractivity contribution in [1.29, 1.82) is 0 Å². The van der Waals surface area contributed by atoms with E-state index in [1.54, 1.807) is 30.6 Å². The highest BCUT2D eigenvalue weighted by Crippen LogP contribution is 2.34. The van der Waals surface area contributed by atoms with Gasteiger partial charge in [-0.25, -0.2) is 0 Å². The molecule has 0 atom stereocenters. The molecule has 0 amide bonds. The van der Waals surface area contributed by atoms with Gasteiger partial charge in [-0.05, 0) is 24.3 Å². The number of rotatable bonds is 2. The van der Waals surface area contributed by atoms with Crippen molar-refractivity contribution >= 4 is 28.2 Å². The van der Waals surface area contributed by atoms with Gasteiger partial charge < -0.3 is 10.5 Å². The lowest BCUT2D eigenvalue weighted by Crippen LogP contribution is -1.93. The molecule has 3 rings (SSSR count). The number of pyridine rings is 2. The highest BCUT2D eigenvalue weighted by molar-refractivity contribution is 6.31. The monoisotopic (exact) mass is 271 g/mol. The van der Waals surface area contributed by atoms with E-state index in [2.05, 4.69) is 9.97 Å². The summed E-state index contributed by atoms with van der Waals surface area (Å²) in [5.74, 6) is 1.21. The summed E-state index contributed by atoms with van der Waals surface area (Å²) in [7, 11) is 0. The molecule has 5 heteroatoms. The van der Waals surface area contributed by atoms with Crippen LogP contribution in [0, 0.1) is 0 Å². The van der Waals surface area contributed by atoms with Crippen LogP contribution in [0.25, 0.3) is 10.9 Å². The Morgan fingerprint density at radius 1 is 1.05 bits per heavy atom. The fraction of sp³-hybridized carbons (Fsp3) is 0. The Bertz CT molecular complexity index is 746. The van der Waals surface area contributed by atoms with Crippen LogP contribution in [0.1, 0.15) is 0 Å². The van der Waals surface area contributed by atoms with Crippen LogP contribution >= 0.6 is 11.6 Å². The van der Waals surface area contributed by atoms with Crippen LogP contribution in [0.4, 0.5) is 5.69 Å². The first kappa shape index (κ1) is 11.7. The van der Waals surface area contributed by atoms with Crippen molar-refractivity contribution in [3.05, 3.63) is 53.9 Å². The molecule has 0 spiro atoms. The molecule has 2 N–H and O–H groups in total. The zero-order valence-corrected chi connectivity index (χ0v) is 10.6. The molecule has 1 aromatic carbocycles. The van der Waals surface area contributed by atoms with Crippen molar-refractivity contribution in [1.82, 2.24) is 9.97 Å². The second-order valence-electron chi connectivity index (χ2n) is 3.96. The van der Waals surface area contributed by atoms with E-state index in [4.69, 9.17) is 22.1 Å². The van der Waals surface area contributed by atoms with Gasteiger partial charge in [-0.1, -0.05) is 11.6 Å². The third-order valence-corrected chi connectivity index (χ3v) is 3.00. The zero-order chi connectivity index (χ0) is 13.2. The minimum Gasteiger partial charge on any atom is -0.455 e. The quantitative estimate of drug-likeness (QED) is 0.723. The van der Waals surface area contributed by atoms with Gasteiger partial charge in [0.25, 0.3) is 0 Å². The molecule has 0 unspecified atom stereocenters. The average Bonchev–Trinajstić information content (AvgIpc) is 2.44. The van der Waals surface area contributed by atoms with E-state index in [9.17, 15) is 0 Å². The molecule has 0 saturated heterocycles. The Balaban J connectivity index is 2.12. The molecule has 0 aliphatic carbocycles. The van der Waals surface area contributed by atoms with Gasteiger partial charge in [0, 0.05) is 30.0 Å². The molecule has 4 nitrogen and oxygen atoms in total. The van der Waals surface area contributed by atoms with E-state index in [1.165, 1.54) is 6.20 Å². The van der Waals surface area contributed by atoms with Gasteiger partial charge in [0.05, 0.1) is 11.2 Å². The van der Waals surface area contributed by atoms with E-state index >= 15 is 0 Å². The minimum atomic E-state index is 0.455. The summed E-state index contributed by atoms with van der Waals surface area (Å²) in [4.78, 5) is 8.17. The molecular weight excluding hydrogens is 262 g/mol. The number of ether oxygens (including phenoxy) is 1. The molecule has 2 aromatic heterocycles. The lowest BCUT2D eigenvalue weighted by atomic mass is 10.2. The normalized spacial score (nSPS) is 10.6. The maximum absolute atomic E-state index is 6.03. The molecule has 0 radical (unpaired) electrons. The first-order valence-electron chi connectivity index (χ1n) is 5.66. The second-order valence-corrected chi connectivity index (χ2v) is 4.37. The van der Waals surface area contributed by atoms with Crippen LogP contribution in [-0.4, -0.2) is 9.97 Å². The summed E-state index contributed by atoms with van der Waals surface area (Å²) in [6.07, 6.45) is 4.86. The number of fused-ring (bicyclic) bond motifs is 1. The fourth-order valence-electron chi connectivity index (χ4n) is 1.82. The summed E-state index contributed by atoms with van der Waals surface area (Å²) < 4.78 is 5.81. The smallest absolute Gasteiger partial charge is 0.149 e. The number of nitrogens with zero attached hydrogens (tertiary/aromatic N) is 2. The molecule has 0 fully saturated rings. The number of anilines is 1. The number of benzene rings is 1. The van der Waals surface area contributed by atoms with Gasteiger partial charge in [-0.15, -0.1) is 0 Å². The Labute approximate surface area is 114 Å². The number of nitrogens with two attached hydrogens (primary N) is 1. The van der Waals surface area contributed by atoms with Crippen molar-refractivity contribution < 1.29 is 4.74 Å². The van der Waals surface area contributed by atoms with Gasteiger partial charge in [0.1, 0.15) is 16.5 Å². The Morgan fingerprint density at radius 3 is 2.79 bits per heavy atom. The number of aromatic nitrogens is 2. The molecule has 3 aromatic rings. The van der Waals surface area contributed by atoms with Gasteiger partial charge in [0.2, 0.25) is 0 Å². The molecule has 0 aliphatic heterocycles. The molecular formula is C14H10ClN3O. The SMILES string of the molecule is Nc1ccc(Oc2ccncc2Cl)c2cccnc12. The number of hydrogen-bond acceptors (Lipinski definition) is 4. The van der Waals surface area contributed by atoms with Crippen molar-refractivity contribution in [2.75, 3.05) is 5.73 Å². The summed E-state index contributed by atoms with van der Waals surface area (Å²) in [6, 6.07) is 9.02. The van der Waals surface area contributed by atoms with E-state index < -0.39 is 0 Å². The maximum atomic E-state index is 6.03. The van der Waals surface area contributed by atoms with E-state index in [1.807, 2.05) is 12.1 Å². The zero-order valence-electron chi connectivity index (χ0n) is 9.88. The Morgan fingerprint density at radius 2 is 1.95 bits per heavy atom. The number of halogens is 1. The highest BCUT2D eigenvalue weighted by atomic mass is 35.5. The van der Waals surface area contributed by atoms with Crippen LogP contribution in [-0.2, 0) is 0 Å². The van der Waals surface area contributed by atoms with Crippen molar-refractivity contribution in [2.45, 2.75) is 0 Å². The summed E-state index contributed by atoms with van der Waals surface area (Å²) in [6.45, 7) is 0. The van der Waals surface area contributed by atoms with E-state index in [0.717, 1.165) is 5.39 Å². The van der Waals surface area contributed by atoms with Crippen LogP contribution in [0.5, 0.6) is 11.5 Å². The number of nitrogen functional groups attached to an aromatic ring is 1. The standard InChI is InChI=1S/C14H10ClN3O/c15-10-8-17-7-5-13(10)19-12-4-3-11(16)14-9(12)2-1-6-18-14/h1-8H,16H2. The van der Waals surface area contributed by atoms with Gasteiger partial charge in [-0.2, -0.15) is 0 Å². The van der Waals surface area contributed by atoms with E-state index in [-0.39, 0.29) is 0 Å². The Kier molecular flexibility index (Phi) is 2.93. The lowest BCUT2D eigenvalue weighted by molar-refractivity contribution is 0.488. The molecule has 0 saturated carbocycles. The van der Waals surface area contributed by atoms with Crippen LogP contribution < -0.4 is 10.5 Å². The summed E-state index contributed by atoms with van der Waals surface area (Å²) in [5, 5.41) is 1.30. The molecule has 0 aliphatic rings. The number of hydrogen-bond donors (Lipinski definition) is 1. The molecule has 0 bridgehead atoms. The first-order valence-corrected chi connectivity index (χ1v) is 6.04. The van der Waals surface area contributed by atoms with Gasteiger partial charge >= 0.3 is 0 Å². The van der Waals surface area contributed by atoms with Gasteiger partial charge in [-0.3, -0.25) is 9.97 Å². The van der Waals surface area contributed by atoms with Gasteiger partial charge in [0.15, 0.2) is 0 Å². The van der Waals surface area contributed by atoms with Crippen LogP contribution in [0.15, 0.2) is 48.9 Å². The lowest BCUT2D eigenvalue weighted by Gasteiger charge is -2.10. The molecule has 94 valence electrons. The summed E-state index contributed by atoms with van der Waals surface area (Å²) >= 11 is 6.03. The predicted octanol–water partition coefficient (Wildman–Crippen LogP) is 3.66. The third-order valence-electron chi connectivity index (χ3n) is 2.72. The average molecular weight is 272 g/mol. The van der Waals surface area contributed by atoms with E-state index in [0.29, 0.717) is 27.7 Å². The second kappa shape index (κ2) is 4.74. The minimum absolute atomic E-state index is 0.455. The molecule has 19 heavy (non-hydrogen) atoms. The highest BCUT2D eigenvalue weighted by Gasteiger charge is 2.08. The van der Waals surface area contributed by atoms with Crippen molar-refractivity contribution in [3.8, 4) is 11.5 Å². The molecule has 2 heterocycles. The maximum Gasteiger partial charge on any atom is 0.149 e. The summed E-state index contributed by atoms with van der Waals surface area (Å²) in [5.41, 5.74) is 7.22. The van der Waals surface area contributed by atoms with Crippen molar-refractivity contribution in [2.24, 2.45) is 0 Å². The largest absolute Gasteiger partial charge is 0.455 e. The first-order chi connectivity index (χ1) is 9.25.